The molecular formula is C22H27NO4. The lowest BCUT2D eigenvalue weighted by molar-refractivity contribution is -0.121. The molecule has 0 aromatic heterocycles. The second kappa shape index (κ2) is 8.80. The van der Waals surface area contributed by atoms with Crippen molar-refractivity contribution in [1.29, 1.82) is 0 Å². The van der Waals surface area contributed by atoms with Gasteiger partial charge in [0.2, 0.25) is 11.7 Å². The normalized spacial score (nSPS) is 15.6. The molecule has 1 N–H and O–H groups in total. The summed E-state index contributed by atoms with van der Waals surface area (Å²) in [6.07, 6.45) is 4.21. The highest BCUT2D eigenvalue weighted by Gasteiger charge is 2.21. The molecule has 2 aromatic rings. The molecule has 5 heteroatoms. The van der Waals surface area contributed by atoms with Crippen LogP contribution in [0.4, 0.5) is 0 Å². The molecule has 27 heavy (non-hydrogen) atoms. The van der Waals surface area contributed by atoms with Gasteiger partial charge < -0.3 is 19.5 Å². The first-order valence-electron chi connectivity index (χ1n) is 9.32. The monoisotopic (exact) mass is 369 g/mol. The van der Waals surface area contributed by atoms with E-state index in [2.05, 4.69) is 23.5 Å². The SMILES string of the molecule is COc1cc(CCC(=O)NC2CCCc3ccccc32)cc(OC)c1OC. The summed E-state index contributed by atoms with van der Waals surface area (Å²) >= 11 is 0. The molecule has 1 atom stereocenters. The smallest absolute Gasteiger partial charge is 0.220 e. The lowest BCUT2D eigenvalue weighted by Crippen LogP contribution is -2.31. The number of hydrogen-bond acceptors (Lipinski definition) is 4. The first kappa shape index (κ1) is 19.1. The Balaban J connectivity index is 1.65. The van der Waals surface area contributed by atoms with Crippen LogP contribution in [0.2, 0.25) is 0 Å². The number of fused-ring (bicyclic) bond motifs is 1. The number of benzene rings is 2. The van der Waals surface area contributed by atoms with Crippen LogP contribution in [0.1, 0.15) is 42.0 Å². The molecule has 1 aliphatic carbocycles. The third kappa shape index (κ3) is 4.35. The number of rotatable bonds is 7. The van der Waals surface area contributed by atoms with Crippen LogP contribution in [0.25, 0.3) is 0 Å². The van der Waals surface area contributed by atoms with E-state index in [0.29, 0.717) is 30.1 Å². The predicted molar refractivity (Wildman–Crippen MR) is 105 cm³/mol. The van der Waals surface area contributed by atoms with Gasteiger partial charge in [-0.15, -0.1) is 0 Å². The topological polar surface area (TPSA) is 56.8 Å². The van der Waals surface area contributed by atoms with Gasteiger partial charge in [0.1, 0.15) is 0 Å². The Hall–Kier alpha value is -2.69. The van der Waals surface area contributed by atoms with Crippen molar-refractivity contribution in [2.75, 3.05) is 21.3 Å². The number of ether oxygens (including phenoxy) is 3. The highest BCUT2D eigenvalue weighted by molar-refractivity contribution is 5.77. The molecule has 0 fully saturated rings. The van der Waals surface area contributed by atoms with E-state index in [4.69, 9.17) is 14.2 Å². The fourth-order valence-corrected chi connectivity index (χ4v) is 3.71. The number of nitrogens with one attached hydrogen (secondary N) is 1. The molecule has 1 aliphatic rings. The molecule has 0 saturated heterocycles. The third-order valence-corrected chi connectivity index (χ3v) is 5.07. The summed E-state index contributed by atoms with van der Waals surface area (Å²) in [6.45, 7) is 0. The van der Waals surface area contributed by atoms with Crippen LogP contribution in [0.15, 0.2) is 36.4 Å². The predicted octanol–water partition coefficient (Wildman–Crippen LogP) is 3.84. The summed E-state index contributed by atoms with van der Waals surface area (Å²) in [4.78, 5) is 12.5. The van der Waals surface area contributed by atoms with Crippen molar-refractivity contribution in [2.24, 2.45) is 0 Å². The highest BCUT2D eigenvalue weighted by Crippen LogP contribution is 2.38. The second-order valence-corrected chi connectivity index (χ2v) is 6.74. The Morgan fingerprint density at radius 3 is 2.44 bits per heavy atom. The van der Waals surface area contributed by atoms with Crippen LogP contribution in [0.5, 0.6) is 17.2 Å². The summed E-state index contributed by atoms with van der Waals surface area (Å²) in [6, 6.07) is 12.3. The number of carbonyl (C=O) groups excluding carboxylic acids is 1. The standard InChI is InChI=1S/C22H27NO4/c1-25-19-13-15(14-20(26-2)22(19)27-3)11-12-21(24)23-18-10-6-8-16-7-4-5-9-17(16)18/h4-5,7,9,13-14,18H,6,8,10-12H2,1-3H3,(H,23,24). The first-order valence-corrected chi connectivity index (χ1v) is 9.32. The molecule has 1 amide bonds. The number of carbonyl (C=O) groups is 1. The van der Waals surface area contributed by atoms with E-state index in [1.807, 2.05) is 18.2 Å². The molecule has 1 unspecified atom stereocenters. The van der Waals surface area contributed by atoms with Crippen LogP contribution in [-0.4, -0.2) is 27.2 Å². The molecule has 0 bridgehead atoms. The van der Waals surface area contributed by atoms with E-state index in [1.165, 1.54) is 11.1 Å². The van der Waals surface area contributed by atoms with Crippen molar-refractivity contribution in [3.8, 4) is 17.2 Å². The molecule has 144 valence electrons. The lowest BCUT2D eigenvalue weighted by Gasteiger charge is -2.26. The first-order chi connectivity index (χ1) is 13.2. The summed E-state index contributed by atoms with van der Waals surface area (Å²) in [7, 11) is 4.76. The van der Waals surface area contributed by atoms with Gasteiger partial charge in [0, 0.05) is 6.42 Å². The maximum Gasteiger partial charge on any atom is 0.220 e. The van der Waals surface area contributed by atoms with Crippen LogP contribution in [0, 0.1) is 0 Å². The Morgan fingerprint density at radius 1 is 1.07 bits per heavy atom. The van der Waals surface area contributed by atoms with Gasteiger partial charge in [-0.2, -0.15) is 0 Å². The van der Waals surface area contributed by atoms with Crippen molar-refractivity contribution in [3.05, 3.63) is 53.1 Å². The van der Waals surface area contributed by atoms with E-state index in [9.17, 15) is 4.79 Å². The maximum absolute atomic E-state index is 12.5. The van der Waals surface area contributed by atoms with Crippen molar-refractivity contribution < 1.29 is 19.0 Å². The van der Waals surface area contributed by atoms with Gasteiger partial charge in [-0.3, -0.25) is 4.79 Å². The van der Waals surface area contributed by atoms with E-state index in [1.54, 1.807) is 21.3 Å². The minimum atomic E-state index is 0.0606. The largest absolute Gasteiger partial charge is 0.493 e. The van der Waals surface area contributed by atoms with Gasteiger partial charge in [0.15, 0.2) is 11.5 Å². The average molecular weight is 369 g/mol. The molecular weight excluding hydrogens is 342 g/mol. The zero-order valence-electron chi connectivity index (χ0n) is 16.2. The number of hydrogen-bond donors (Lipinski definition) is 1. The lowest BCUT2D eigenvalue weighted by atomic mass is 9.87. The zero-order valence-corrected chi connectivity index (χ0v) is 16.2. The molecule has 0 heterocycles. The Labute approximate surface area is 160 Å². The third-order valence-electron chi connectivity index (χ3n) is 5.07. The van der Waals surface area contributed by atoms with Crippen molar-refractivity contribution in [1.82, 2.24) is 5.32 Å². The van der Waals surface area contributed by atoms with E-state index in [-0.39, 0.29) is 11.9 Å². The summed E-state index contributed by atoms with van der Waals surface area (Å²) in [5, 5.41) is 3.20. The van der Waals surface area contributed by atoms with Gasteiger partial charge in [-0.1, -0.05) is 24.3 Å². The molecule has 0 saturated carbocycles. The van der Waals surface area contributed by atoms with Crippen LogP contribution >= 0.6 is 0 Å². The molecule has 3 rings (SSSR count). The molecule has 0 spiro atoms. The minimum Gasteiger partial charge on any atom is -0.493 e. The Morgan fingerprint density at radius 2 is 1.78 bits per heavy atom. The zero-order chi connectivity index (χ0) is 19.2. The number of aryl methyl sites for hydroxylation is 2. The molecule has 0 radical (unpaired) electrons. The van der Waals surface area contributed by atoms with Crippen LogP contribution in [0.3, 0.4) is 0 Å². The second-order valence-electron chi connectivity index (χ2n) is 6.74. The van der Waals surface area contributed by atoms with Crippen molar-refractivity contribution in [2.45, 2.75) is 38.1 Å². The van der Waals surface area contributed by atoms with Crippen LogP contribution < -0.4 is 19.5 Å². The molecule has 5 nitrogen and oxygen atoms in total. The highest BCUT2D eigenvalue weighted by atomic mass is 16.5. The fraction of sp³-hybridized carbons (Fsp3) is 0.409. The van der Waals surface area contributed by atoms with Gasteiger partial charge >= 0.3 is 0 Å². The summed E-state index contributed by atoms with van der Waals surface area (Å²) in [5.41, 5.74) is 3.58. The van der Waals surface area contributed by atoms with E-state index in [0.717, 1.165) is 24.8 Å². The van der Waals surface area contributed by atoms with Gasteiger partial charge in [-0.05, 0) is 54.5 Å². The van der Waals surface area contributed by atoms with Crippen LogP contribution in [-0.2, 0) is 17.6 Å². The van der Waals surface area contributed by atoms with E-state index >= 15 is 0 Å². The van der Waals surface area contributed by atoms with E-state index < -0.39 is 0 Å². The number of methoxy groups -OCH3 is 3. The number of amides is 1. The van der Waals surface area contributed by atoms with Gasteiger partial charge in [-0.25, -0.2) is 0 Å². The summed E-state index contributed by atoms with van der Waals surface area (Å²) < 4.78 is 16.1. The summed E-state index contributed by atoms with van der Waals surface area (Å²) in [5.74, 6) is 1.83. The Bertz CT molecular complexity index is 778. The maximum atomic E-state index is 12.5. The molecule has 0 aliphatic heterocycles. The van der Waals surface area contributed by atoms with Gasteiger partial charge in [0.25, 0.3) is 0 Å². The average Bonchev–Trinajstić information content (AvgIpc) is 2.71. The molecule has 2 aromatic carbocycles. The van der Waals surface area contributed by atoms with Gasteiger partial charge in [0.05, 0.1) is 27.4 Å². The van der Waals surface area contributed by atoms with Crippen molar-refractivity contribution >= 4 is 5.91 Å². The minimum absolute atomic E-state index is 0.0606. The van der Waals surface area contributed by atoms with Crippen molar-refractivity contribution in [3.63, 3.8) is 0 Å². The fourth-order valence-electron chi connectivity index (χ4n) is 3.71. The quantitative estimate of drug-likeness (QED) is 0.806. The Kier molecular flexibility index (Phi) is 6.22.